The van der Waals surface area contributed by atoms with Gasteiger partial charge in [-0.2, -0.15) is 0 Å². The van der Waals surface area contributed by atoms with E-state index in [1.165, 1.54) is 72.8 Å². The first kappa shape index (κ1) is 27.9. The number of ether oxygens (including phenoxy) is 2. The molecule has 0 N–H and O–H groups in total. The van der Waals surface area contributed by atoms with Crippen LogP contribution in [0.2, 0.25) is 0 Å². The molecule has 4 rings (SSSR count). The van der Waals surface area contributed by atoms with Crippen LogP contribution in [0.5, 0.6) is 23.0 Å². The van der Waals surface area contributed by atoms with Gasteiger partial charge in [0.25, 0.3) is 0 Å². The highest BCUT2D eigenvalue weighted by Gasteiger charge is 2.29. The predicted octanol–water partition coefficient (Wildman–Crippen LogP) is 9.05. The lowest BCUT2D eigenvalue weighted by atomic mass is 9.85. The van der Waals surface area contributed by atoms with E-state index in [9.17, 15) is 22.4 Å². The smallest absolute Gasteiger partial charge is 0.166 e. The average Bonchev–Trinajstić information content (AvgIpc) is 2.90. The maximum atomic E-state index is 14.9. The molecule has 3 nitrogen and oxygen atoms in total. The number of carbonyl (C=O) groups excluding carboxylic acids is 1. The Bertz CT molecular complexity index is 1310. The lowest BCUT2D eigenvalue weighted by molar-refractivity contribution is -0.121. The molecule has 0 amide bonds. The van der Waals surface area contributed by atoms with E-state index in [0.29, 0.717) is 11.1 Å². The zero-order valence-corrected chi connectivity index (χ0v) is 22.8. The number of Topliss-reactive ketones (excluding diaryl/α,β-unsaturated/α-hetero) is 1. The third-order valence-corrected chi connectivity index (χ3v) is 7.09. The normalized spacial score (nSPS) is 12.6. The van der Waals surface area contributed by atoms with Gasteiger partial charge >= 0.3 is 0 Å². The molecule has 4 aromatic carbocycles. The largest absolute Gasteiger partial charge is 0.454 e. The van der Waals surface area contributed by atoms with Gasteiger partial charge in [0, 0.05) is 10.7 Å². The molecule has 0 bridgehead atoms. The molecule has 196 valence electrons. The Balaban J connectivity index is 1.52. The first-order chi connectivity index (χ1) is 18.3. The van der Waals surface area contributed by atoms with E-state index in [1.54, 1.807) is 12.1 Å². The highest BCUT2D eigenvalue weighted by molar-refractivity contribution is 9.09. The van der Waals surface area contributed by atoms with Gasteiger partial charge in [-0.1, -0.05) is 44.0 Å². The summed E-state index contributed by atoms with van der Waals surface area (Å²) in [6.07, 6.45) is 0. The molecule has 0 aliphatic carbocycles. The Morgan fingerprint density at radius 3 is 1.29 bits per heavy atom. The van der Waals surface area contributed by atoms with Gasteiger partial charge in [-0.3, -0.25) is 4.79 Å². The van der Waals surface area contributed by atoms with Crippen molar-refractivity contribution in [2.75, 3.05) is 10.7 Å². The molecule has 0 heterocycles. The Labute approximate surface area is 233 Å². The van der Waals surface area contributed by atoms with Gasteiger partial charge in [0.2, 0.25) is 0 Å². The predicted molar refractivity (Wildman–Crippen MR) is 144 cm³/mol. The summed E-state index contributed by atoms with van der Waals surface area (Å²) in [4.78, 5) is 13.5. The third-order valence-electron chi connectivity index (χ3n) is 5.79. The first-order valence-electron chi connectivity index (χ1n) is 11.4. The minimum atomic E-state index is -0.731. The number of halogens is 6. The summed E-state index contributed by atoms with van der Waals surface area (Å²) < 4.78 is 66.9. The van der Waals surface area contributed by atoms with Crippen molar-refractivity contribution in [2.45, 2.75) is 11.8 Å². The van der Waals surface area contributed by atoms with Crippen molar-refractivity contribution in [3.63, 3.8) is 0 Å². The van der Waals surface area contributed by atoms with Gasteiger partial charge in [-0.05, 0) is 83.9 Å². The number of ketones is 1. The highest BCUT2D eigenvalue weighted by atomic mass is 79.9. The van der Waals surface area contributed by atoms with Gasteiger partial charge in [0.05, 0.1) is 11.8 Å². The summed E-state index contributed by atoms with van der Waals surface area (Å²) in [6.45, 7) is 0. The number of benzene rings is 4. The van der Waals surface area contributed by atoms with E-state index in [-0.39, 0.29) is 39.4 Å². The van der Waals surface area contributed by atoms with Crippen molar-refractivity contribution in [3.8, 4) is 23.0 Å². The quantitative estimate of drug-likeness (QED) is 0.127. The van der Waals surface area contributed by atoms with Crippen LogP contribution >= 0.6 is 31.9 Å². The second-order valence-corrected chi connectivity index (χ2v) is 9.60. The molecule has 38 heavy (non-hydrogen) atoms. The molecule has 0 fully saturated rings. The van der Waals surface area contributed by atoms with Crippen LogP contribution < -0.4 is 9.47 Å². The SMILES string of the molecule is O=C(C(CBr)c1ccc(Oc2ccc(F)cc2)c(F)c1)C(CBr)c1ccc(Oc2ccc(F)cc2)c(F)c1. The topological polar surface area (TPSA) is 35.5 Å². The average molecular weight is 652 g/mol. The fourth-order valence-corrected chi connectivity index (χ4v) is 5.18. The zero-order chi connectivity index (χ0) is 27.2. The van der Waals surface area contributed by atoms with Crippen LogP contribution in [0.25, 0.3) is 0 Å². The second-order valence-electron chi connectivity index (χ2n) is 8.31. The second kappa shape index (κ2) is 12.6. The summed E-state index contributed by atoms with van der Waals surface area (Å²) >= 11 is 6.70. The van der Waals surface area contributed by atoms with Crippen LogP contribution in [0.3, 0.4) is 0 Å². The fourth-order valence-electron chi connectivity index (χ4n) is 3.79. The number of hydrogen-bond acceptors (Lipinski definition) is 3. The molecule has 0 saturated carbocycles. The van der Waals surface area contributed by atoms with Crippen LogP contribution in [0.15, 0.2) is 84.9 Å². The molecular weight excluding hydrogens is 632 g/mol. The van der Waals surface area contributed by atoms with E-state index in [1.807, 2.05) is 0 Å². The summed E-state index contributed by atoms with van der Waals surface area (Å²) in [5.74, 6) is -3.59. The molecule has 0 spiro atoms. The van der Waals surface area contributed by atoms with E-state index < -0.39 is 35.1 Å². The standard InChI is InChI=1S/C29H20Br2F4O3/c30-15-23(17-1-11-27(25(34)13-17)37-21-7-3-19(32)4-8-21)29(36)24(16-31)18-2-12-28(26(35)14-18)38-22-9-5-20(33)6-10-22/h1-14,23-24H,15-16H2. The van der Waals surface area contributed by atoms with Crippen molar-refractivity contribution in [1.82, 2.24) is 0 Å². The first-order valence-corrected chi connectivity index (χ1v) is 13.6. The molecule has 0 aromatic heterocycles. The Morgan fingerprint density at radius 1 is 0.605 bits per heavy atom. The van der Waals surface area contributed by atoms with Crippen LogP contribution in [0.4, 0.5) is 17.6 Å². The molecular formula is C29H20Br2F4O3. The molecule has 2 unspecified atom stereocenters. The van der Waals surface area contributed by atoms with Crippen molar-refractivity contribution in [1.29, 1.82) is 0 Å². The molecule has 0 aliphatic rings. The van der Waals surface area contributed by atoms with Gasteiger partial charge in [0.1, 0.15) is 28.9 Å². The van der Waals surface area contributed by atoms with E-state index in [0.717, 1.165) is 0 Å². The van der Waals surface area contributed by atoms with Gasteiger partial charge < -0.3 is 9.47 Å². The Morgan fingerprint density at radius 2 is 0.974 bits per heavy atom. The number of alkyl halides is 2. The summed E-state index contributed by atoms with van der Waals surface area (Å²) in [6, 6.07) is 18.7. The monoisotopic (exact) mass is 650 g/mol. The van der Waals surface area contributed by atoms with E-state index in [2.05, 4.69) is 31.9 Å². The molecule has 0 saturated heterocycles. The lowest BCUT2D eigenvalue weighted by Crippen LogP contribution is -2.23. The maximum absolute atomic E-state index is 14.9. The molecule has 4 aromatic rings. The van der Waals surface area contributed by atoms with Gasteiger partial charge in [-0.25, -0.2) is 17.6 Å². The minimum absolute atomic E-state index is 0.0722. The molecule has 9 heteroatoms. The fraction of sp³-hybridized carbons (Fsp3) is 0.138. The number of carbonyl (C=O) groups is 1. The number of hydrogen-bond donors (Lipinski definition) is 0. The summed E-state index contributed by atoms with van der Waals surface area (Å²) in [7, 11) is 0. The maximum Gasteiger partial charge on any atom is 0.166 e. The Kier molecular flexibility index (Phi) is 9.22. The molecule has 0 aliphatic heterocycles. The lowest BCUT2D eigenvalue weighted by Gasteiger charge is -2.21. The van der Waals surface area contributed by atoms with E-state index in [4.69, 9.17) is 9.47 Å². The molecule has 0 radical (unpaired) electrons. The number of rotatable bonds is 10. The van der Waals surface area contributed by atoms with Crippen LogP contribution in [0, 0.1) is 23.3 Å². The van der Waals surface area contributed by atoms with E-state index >= 15 is 0 Å². The highest BCUT2D eigenvalue weighted by Crippen LogP contribution is 2.34. The summed E-state index contributed by atoms with van der Waals surface area (Å²) in [5, 5.41) is 0.419. The summed E-state index contributed by atoms with van der Waals surface area (Å²) in [5.41, 5.74) is 0.831. The van der Waals surface area contributed by atoms with Gasteiger partial charge in [0.15, 0.2) is 23.1 Å². The molecule has 2 atom stereocenters. The Hall–Kier alpha value is -3.17. The van der Waals surface area contributed by atoms with Crippen LogP contribution in [-0.4, -0.2) is 16.4 Å². The van der Waals surface area contributed by atoms with Crippen molar-refractivity contribution in [2.24, 2.45) is 0 Å². The van der Waals surface area contributed by atoms with Gasteiger partial charge in [-0.15, -0.1) is 0 Å². The van der Waals surface area contributed by atoms with Crippen molar-refractivity contribution in [3.05, 3.63) is 119 Å². The van der Waals surface area contributed by atoms with Crippen LogP contribution in [0.1, 0.15) is 23.0 Å². The third kappa shape index (κ3) is 6.63. The minimum Gasteiger partial charge on any atom is -0.454 e. The van der Waals surface area contributed by atoms with Crippen molar-refractivity contribution < 1.29 is 31.8 Å². The van der Waals surface area contributed by atoms with Crippen LogP contribution in [-0.2, 0) is 4.79 Å². The zero-order valence-electron chi connectivity index (χ0n) is 19.6. The van der Waals surface area contributed by atoms with Crippen molar-refractivity contribution >= 4 is 37.6 Å².